The molecule has 4 heterocycles. The Labute approximate surface area is 433 Å². The number of aromatic nitrogens is 2. The summed E-state index contributed by atoms with van der Waals surface area (Å²) in [7, 11) is 2.95. The quantitative estimate of drug-likeness (QED) is 0.0204. The van der Waals surface area contributed by atoms with Crippen LogP contribution in [0.5, 0.6) is 5.75 Å². The van der Waals surface area contributed by atoms with Gasteiger partial charge in [0.2, 0.25) is 23.7 Å². The first-order valence-electron chi connectivity index (χ1n) is 21.4. The number of likely N-dealkylation sites (N-methyl/N-ethyl adjacent to an activating group) is 1. The Morgan fingerprint density at radius 3 is 2.42 bits per heavy atom. The van der Waals surface area contributed by atoms with Crippen molar-refractivity contribution in [3.63, 3.8) is 0 Å². The van der Waals surface area contributed by atoms with Crippen LogP contribution in [0, 0.1) is 34.3 Å². The van der Waals surface area contributed by atoms with Crippen molar-refractivity contribution in [3.05, 3.63) is 98.3 Å². The van der Waals surface area contributed by atoms with Crippen LogP contribution in [-0.4, -0.2) is 134 Å². The Hall–Kier alpha value is -5.41. The van der Waals surface area contributed by atoms with Gasteiger partial charge in [-0.05, 0) is 56.5 Å². The van der Waals surface area contributed by atoms with Gasteiger partial charge in [0.15, 0.2) is 12.4 Å². The number of halogens is 1. The number of imide groups is 2. The van der Waals surface area contributed by atoms with Crippen LogP contribution in [0.2, 0.25) is 5.02 Å². The summed E-state index contributed by atoms with van der Waals surface area (Å²) in [5, 5.41) is 14.3. The zero-order valence-electron chi connectivity index (χ0n) is 40.0. The van der Waals surface area contributed by atoms with Crippen LogP contribution < -0.4 is 73.9 Å². The van der Waals surface area contributed by atoms with Crippen molar-refractivity contribution in [2.24, 2.45) is 0 Å². The number of hydrogen-bond donors (Lipinski definition) is 5. The van der Waals surface area contributed by atoms with E-state index in [9.17, 15) is 33.6 Å². The van der Waals surface area contributed by atoms with Gasteiger partial charge >= 0.3 is 37.7 Å². The number of hydrogen-bond acceptors (Lipinski definition) is 15. The van der Waals surface area contributed by atoms with E-state index in [0.29, 0.717) is 85.0 Å². The number of carbonyl (C=O) groups is 6. The van der Waals surface area contributed by atoms with E-state index in [1.165, 1.54) is 26.4 Å². The summed E-state index contributed by atoms with van der Waals surface area (Å²) in [6, 6.07) is 10.5. The van der Waals surface area contributed by atoms with E-state index in [2.05, 4.69) is 68.3 Å². The summed E-state index contributed by atoms with van der Waals surface area (Å²) in [4.78, 5) is 97.9. The third kappa shape index (κ3) is 16.6. The number of benzene rings is 2. The van der Waals surface area contributed by atoms with Crippen LogP contribution in [0.25, 0.3) is 6.08 Å². The van der Waals surface area contributed by atoms with Crippen molar-refractivity contribution in [2.45, 2.75) is 57.0 Å². The molecule has 0 aliphatic carbocycles. The molecule has 22 heteroatoms. The molecule has 1 unspecified atom stereocenters. The Morgan fingerprint density at radius 2 is 1.78 bits per heavy atom. The Balaban J connectivity index is 0.000000472. The number of allylic oxidation sites excluding steroid dienone is 1. The number of anilines is 4. The van der Waals surface area contributed by atoms with E-state index >= 15 is 0 Å². The first-order valence-corrected chi connectivity index (χ1v) is 21.8. The van der Waals surface area contributed by atoms with Gasteiger partial charge in [-0.15, -0.1) is 30.8 Å². The molecule has 6 rings (SSSR count). The van der Waals surface area contributed by atoms with E-state index in [0.717, 1.165) is 30.7 Å². The molecular weight excluding hydrogens is 898 g/mol. The summed E-state index contributed by atoms with van der Waals surface area (Å²) in [5.41, 5.74) is 2.12. The van der Waals surface area contributed by atoms with E-state index in [1.807, 2.05) is 4.90 Å². The van der Waals surface area contributed by atoms with E-state index < -0.39 is 23.8 Å². The maximum absolute atomic E-state index is 13.0. The van der Waals surface area contributed by atoms with Gasteiger partial charge < -0.3 is 73.5 Å². The number of piperidine rings is 2. The molecule has 3 aliphatic rings. The van der Waals surface area contributed by atoms with Crippen LogP contribution >= 0.6 is 11.6 Å². The average molecular weight is 955 g/mol. The third-order valence-electron chi connectivity index (χ3n) is 10.7. The van der Waals surface area contributed by atoms with Gasteiger partial charge in [0.25, 0.3) is 17.7 Å². The molecule has 0 spiro atoms. The molecule has 2 fully saturated rings. The molecule has 0 bridgehead atoms. The summed E-state index contributed by atoms with van der Waals surface area (Å²) < 4.78 is 10.5. The molecule has 1 atom stereocenters. The largest absolute Gasteiger partial charge is 1.00 e. The fraction of sp³-hybridized carbons (Fsp3) is 0.383. The van der Waals surface area contributed by atoms with Crippen molar-refractivity contribution >= 4 is 82.5 Å². The summed E-state index contributed by atoms with van der Waals surface area (Å²) in [5.74, 6) is -1.27. The fourth-order valence-corrected chi connectivity index (χ4v) is 7.36. The van der Waals surface area contributed by atoms with E-state index in [4.69, 9.17) is 21.1 Å². The second kappa shape index (κ2) is 29.6. The van der Waals surface area contributed by atoms with E-state index in [1.54, 1.807) is 36.6 Å². The summed E-state index contributed by atoms with van der Waals surface area (Å²) >= 11 is 6.38. The molecule has 0 radical (unpaired) electrons. The zero-order valence-corrected chi connectivity index (χ0v) is 40.8. The van der Waals surface area contributed by atoms with Crippen molar-refractivity contribution in [3.8, 4) is 5.75 Å². The molecule has 69 heavy (non-hydrogen) atoms. The number of fused-ring (bicyclic) bond motifs is 1. The molecular formula is C47H57ClLi2N10O9-4. The molecule has 19 nitrogen and oxygen atoms in total. The van der Waals surface area contributed by atoms with E-state index in [-0.39, 0.29) is 105 Å². The first kappa shape index (κ1) is 59.7. The predicted molar refractivity (Wildman–Crippen MR) is 254 cm³/mol. The molecule has 2 saturated heterocycles. The molecule has 5 N–H and O–H groups in total. The molecule has 6 amide bonds. The maximum Gasteiger partial charge on any atom is 1.00 e. The number of nitrogens with zero attached hydrogens (tertiary/aromatic N) is 5. The maximum atomic E-state index is 13.0. The fourth-order valence-electron chi connectivity index (χ4n) is 7.22. The van der Waals surface area contributed by atoms with Crippen molar-refractivity contribution in [1.29, 1.82) is 0 Å². The normalized spacial score (nSPS) is 15.5. The molecule has 1 aromatic heterocycles. The summed E-state index contributed by atoms with van der Waals surface area (Å²) in [6.07, 6.45) is 8.19. The SMILES string of the molecule is [CH2-]CCC(=O)NC1CCN(c2ncc(Cl)c(Nc3cc(/C=C(\[C-]=O)OCC(=O)NC)[c-]c(OC)c3)n2)CC1.[CH2-]CN(C[CH2-])CCCNc1cccc2c1C(=O)N(C1CCC(=O)NC1=O)C2=O.[CH3-].[Li+].[Li+]. The average Bonchev–Trinajstić information content (AvgIpc) is 3.57. The van der Waals surface area contributed by atoms with Crippen LogP contribution in [0.15, 0.2) is 42.3 Å². The number of amides is 6. The second-order valence-corrected chi connectivity index (χ2v) is 15.6. The minimum absolute atomic E-state index is 0. The molecule has 2 aromatic carbocycles. The second-order valence-electron chi connectivity index (χ2n) is 15.2. The van der Waals surface area contributed by atoms with Crippen molar-refractivity contribution in [1.82, 2.24) is 35.7 Å². The van der Waals surface area contributed by atoms with Gasteiger partial charge in [-0.2, -0.15) is 11.4 Å². The number of carbonyl (C=O) groups excluding carboxylic acids is 7. The molecule has 3 aliphatic heterocycles. The van der Waals surface area contributed by atoms with Crippen molar-refractivity contribution < 1.29 is 80.8 Å². The van der Waals surface area contributed by atoms with Gasteiger partial charge in [-0.1, -0.05) is 29.8 Å². The van der Waals surface area contributed by atoms with Crippen LogP contribution in [-0.2, 0) is 28.7 Å². The smallest absolute Gasteiger partial charge is 0.516 e. The zero-order chi connectivity index (χ0) is 47.8. The van der Waals surface area contributed by atoms with Gasteiger partial charge in [0, 0.05) is 62.6 Å². The number of rotatable bonds is 20. The minimum atomic E-state index is -0.958. The van der Waals surface area contributed by atoms with Gasteiger partial charge in [0.1, 0.15) is 11.1 Å². The standard InChI is InChI=1S/C26H30ClN6O5.C20H24N4O4.CH3.2Li/c1-4-5-23(35)30-18-6-8-33(9-7-18)26-29-14-22(27)25(32-26)31-19-10-17(11-20(13-19)37-3)12-21(15-34)38-16-24(36)28-2;1-3-23(4-2)12-6-11-21-14-8-5-7-13-17(14)20(28)24(19(13)27)15-9-10-16(25)22-18(15)26;;;/h10,12-14,18H,1,4-9,16H2,2-3H3,(H,28,36)(H,30,35)(H,29,31,32);5,7-8,15,21H,1-4,6,9-12H2,(H,22,25,26);1H3;;/q-3;-2;-1;2*+1/b21-12+;;;;. The molecule has 0 saturated carbocycles. The van der Waals surface area contributed by atoms with Gasteiger partial charge in [-0.25, -0.2) is 4.98 Å². The first-order chi connectivity index (χ1) is 31.8. The third-order valence-corrected chi connectivity index (χ3v) is 11.0. The number of ether oxygens (including phenoxy) is 2. The summed E-state index contributed by atoms with van der Waals surface area (Å²) in [6.45, 7) is 15.2. The van der Waals surface area contributed by atoms with Crippen molar-refractivity contribution in [2.75, 3.05) is 75.6 Å². The van der Waals surface area contributed by atoms with Crippen LogP contribution in [0.1, 0.15) is 71.2 Å². The monoisotopic (exact) mass is 954 g/mol. The number of nitrogens with one attached hydrogen (secondary N) is 5. The van der Waals surface area contributed by atoms with Gasteiger partial charge in [0.05, 0.1) is 24.4 Å². The van der Waals surface area contributed by atoms with Gasteiger partial charge in [-0.3, -0.25) is 39.0 Å². The minimum Gasteiger partial charge on any atom is -0.516 e. The predicted octanol–water partition coefficient (Wildman–Crippen LogP) is -2.09. The van der Waals surface area contributed by atoms with Crippen LogP contribution in [0.4, 0.5) is 23.1 Å². The Kier molecular flexibility index (Phi) is 25.6. The molecule has 362 valence electrons. The Bertz CT molecular complexity index is 2290. The topological polar surface area (TPSA) is 234 Å². The number of methoxy groups -OCH3 is 1. The van der Waals surface area contributed by atoms with Crippen LogP contribution in [0.3, 0.4) is 0 Å². The molecule has 3 aromatic rings. The Morgan fingerprint density at radius 1 is 1.06 bits per heavy atom.